The van der Waals surface area contributed by atoms with Gasteiger partial charge in [-0.25, -0.2) is 9.59 Å². The fourth-order valence-corrected chi connectivity index (χ4v) is 1.39. The second kappa shape index (κ2) is 7.44. The zero-order valence-electron chi connectivity index (χ0n) is 12.9. The van der Waals surface area contributed by atoms with Gasteiger partial charge in [-0.3, -0.25) is 4.79 Å². The highest BCUT2D eigenvalue weighted by Crippen LogP contribution is 2.15. The Morgan fingerprint density at radius 3 is 2.59 bits per heavy atom. The molecule has 0 N–H and O–H groups in total. The Morgan fingerprint density at radius 2 is 2.00 bits per heavy atom. The van der Waals surface area contributed by atoms with E-state index in [-0.39, 0.29) is 11.5 Å². The SMILES string of the molecule is COC(=O)C=Cc1occc(=O)c1OCC(=O)OC(C)(C)C. The number of carbonyl (C=O) groups excluding carboxylic acids is 2. The van der Waals surface area contributed by atoms with Gasteiger partial charge in [0.2, 0.25) is 11.2 Å². The van der Waals surface area contributed by atoms with E-state index in [9.17, 15) is 14.4 Å². The molecule has 1 aromatic heterocycles. The van der Waals surface area contributed by atoms with Crippen molar-refractivity contribution in [2.75, 3.05) is 13.7 Å². The van der Waals surface area contributed by atoms with E-state index in [0.717, 1.165) is 18.4 Å². The van der Waals surface area contributed by atoms with Gasteiger partial charge in [0.25, 0.3) is 0 Å². The largest absolute Gasteiger partial charge is 0.474 e. The molecule has 0 aliphatic carbocycles. The number of esters is 2. The maximum Gasteiger partial charge on any atom is 0.344 e. The molecule has 1 rings (SSSR count). The van der Waals surface area contributed by atoms with Crippen LogP contribution in [-0.4, -0.2) is 31.3 Å². The summed E-state index contributed by atoms with van der Waals surface area (Å²) in [5.74, 6) is -1.43. The molecule has 0 fully saturated rings. The molecule has 0 amide bonds. The molecular weight excluding hydrogens is 292 g/mol. The molecule has 0 spiro atoms. The van der Waals surface area contributed by atoms with Gasteiger partial charge in [-0.05, 0) is 26.8 Å². The first-order valence-corrected chi connectivity index (χ1v) is 6.45. The molecular formula is C15H18O7. The smallest absolute Gasteiger partial charge is 0.344 e. The standard InChI is InChI=1S/C15H18O7/c1-15(2,3)22-13(18)9-21-14-10(16)7-8-20-11(14)5-6-12(17)19-4/h5-8H,9H2,1-4H3. The van der Waals surface area contributed by atoms with Crippen LogP contribution in [0.4, 0.5) is 0 Å². The zero-order chi connectivity index (χ0) is 16.8. The van der Waals surface area contributed by atoms with Crippen molar-refractivity contribution in [1.82, 2.24) is 0 Å². The summed E-state index contributed by atoms with van der Waals surface area (Å²) in [4.78, 5) is 34.4. The van der Waals surface area contributed by atoms with Gasteiger partial charge in [-0.2, -0.15) is 0 Å². The molecule has 0 saturated heterocycles. The first kappa shape index (κ1) is 17.5. The van der Waals surface area contributed by atoms with Crippen LogP contribution in [0.25, 0.3) is 6.08 Å². The molecule has 1 heterocycles. The van der Waals surface area contributed by atoms with Crippen LogP contribution in [0.3, 0.4) is 0 Å². The Hall–Kier alpha value is -2.57. The number of methoxy groups -OCH3 is 1. The number of hydrogen-bond acceptors (Lipinski definition) is 7. The van der Waals surface area contributed by atoms with E-state index in [1.54, 1.807) is 20.8 Å². The highest BCUT2D eigenvalue weighted by atomic mass is 16.6. The van der Waals surface area contributed by atoms with E-state index in [4.69, 9.17) is 13.9 Å². The Bertz CT molecular complexity index is 620. The van der Waals surface area contributed by atoms with E-state index in [1.807, 2.05) is 0 Å². The molecule has 0 atom stereocenters. The van der Waals surface area contributed by atoms with Crippen molar-refractivity contribution < 1.29 is 28.2 Å². The van der Waals surface area contributed by atoms with Crippen molar-refractivity contribution in [3.05, 3.63) is 34.4 Å². The second-order valence-electron chi connectivity index (χ2n) is 5.21. The van der Waals surface area contributed by atoms with Gasteiger partial charge in [-0.1, -0.05) is 0 Å². The van der Waals surface area contributed by atoms with Gasteiger partial charge in [0, 0.05) is 12.1 Å². The van der Waals surface area contributed by atoms with E-state index >= 15 is 0 Å². The third-order valence-corrected chi connectivity index (χ3v) is 2.19. The summed E-state index contributed by atoms with van der Waals surface area (Å²) in [6.07, 6.45) is 3.44. The first-order chi connectivity index (χ1) is 10.2. The molecule has 7 nitrogen and oxygen atoms in total. The number of ether oxygens (including phenoxy) is 3. The van der Waals surface area contributed by atoms with Gasteiger partial charge >= 0.3 is 11.9 Å². The van der Waals surface area contributed by atoms with Crippen LogP contribution in [-0.2, 0) is 19.1 Å². The summed E-state index contributed by atoms with van der Waals surface area (Å²) in [7, 11) is 1.22. The van der Waals surface area contributed by atoms with Crippen LogP contribution in [0.5, 0.6) is 5.75 Å². The summed E-state index contributed by atoms with van der Waals surface area (Å²) in [6, 6.07) is 1.14. The fourth-order valence-electron chi connectivity index (χ4n) is 1.39. The van der Waals surface area contributed by atoms with Crippen LogP contribution in [0.1, 0.15) is 26.5 Å². The van der Waals surface area contributed by atoms with Gasteiger partial charge in [-0.15, -0.1) is 0 Å². The maximum atomic E-state index is 11.8. The summed E-state index contributed by atoms with van der Waals surface area (Å²) >= 11 is 0. The number of hydrogen-bond donors (Lipinski definition) is 0. The van der Waals surface area contributed by atoms with Crippen molar-refractivity contribution in [2.45, 2.75) is 26.4 Å². The maximum absolute atomic E-state index is 11.8. The predicted molar refractivity (Wildman–Crippen MR) is 77.4 cm³/mol. The second-order valence-corrected chi connectivity index (χ2v) is 5.21. The van der Waals surface area contributed by atoms with Crippen molar-refractivity contribution in [2.24, 2.45) is 0 Å². The molecule has 0 aliphatic heterocycles. The van der Waals surface area contributed by atoms with Crippen molar-refractivity contribution >= 4 is 18.0 Å². The Balaban J connectivity index is 2.86. The molecule has 0 bridgehead atoms. The predicted octanol–water partition coefficient (Wildman–Crippen LogP) is 1.55. The van der Waals surface area contributed by atoms with Crippen LogP contribution >= 0.6 is 0 Å². The van der Waals surface area contributed by atoms with Gasteiger partial charge in [0.1, 0.15) is 5.60 Å². The van der Waals surface area contributed by atoms with Crippen molar-refractivity contribution in [1.29, 1.82) is 0 Å². The summed E-state index contributed by atoms with van der Waals surface area (Å²) in [5.41, 5.74) is -1.14. The zero-order valence-corrected chi connectivity index (χ0v) is 12.9. The quantitative estimate of drug-likeness (QED) is 0.601. The van der Waals surface area contributed by atoms with E-state index < -0.39 is 29.6 Å². The molecule has 0 unspecified atom stereocenters. The lowest BCUT2D eigenvalue weighted by atomic mass is 10.2. The Kier molecular flexibility index (Phi) is 5.91. The fraction of sp³-hybridized carbons (Fsp3) is 0.400. The van der Waals surface area contributed by atoms with Crippen LogP contribution in [0, 0.1) is 0 Å². The van der Waals surface area contributed by atoms with Crippen molar-refractivity contribution in [3.63, 3.8) is 0 Å². The van der Waals surface area contributed by atoms with Gasteiger partial charge in [0.05, 0.1) is 13.4 Å². The first-order valence-electron chi connectivity index (χ1n) is 6.45. The molecule has 0 aromatic carbocycles. The normalized spacial score (nSPS) is 11.3. The highest BCUT2D eigenvalue weighted by Gasteiger charge is 2.18. The minimum atomic E-state index is -0.657. The third-order valence-electron chi connectivity index (χ3n) is 2.19. The monoisotopic (exact) mass is 310 g/mol. The summed E-state index contributed by atoms with van der Waals surface area (Å²) < 4.78 is 19.8. The lowest BCUT2D eigenvalue weighted by Crippen LogP contribution is -2.28. The average molecular weight is 310 g/mol. The lowest BCUT2D eigenvalue weighted by Gasteiger charge is -2.19. The molecule has 22 heavy (non-hydrogen) atoms. The minimum Gasteiger partial charge on any atom is -0.474 e. The molecule has 7 heteroatoms. The van der Waals surface area contributed by atoms with E-state index in [2.05, 4.69) is 4.74 Å². The molecule has 0 aliphatic rings. The van der Waals surface area contributed by atoms with E-state index in [1.165, 1.54) is 13.2 Å². The average Bonchev–Trinajstić information content (AvgIpc) is 2.41. The number of carbonyl (C=O) groups is 2. The minimum absolute atomic E-state index is 0.00135. The molecule has 120 valence electrons. The molecule has 0 radical (unpaired) electrons. The Labute approximate surface area is 127 Å². The molecule has 0 saturated carbocycles. The van der Waals surface area contributed by atoms with Gasteiger partial charge < -0.3 is 18.6 Å². The van der Waals surface area contributed by atoms with Crippen LogP contribution in [0.15, 0.2) is 27.6 Å². The summed E-state index contributed by atoms with van der Waals surface area (Å²) in [6.45, 7) is 4.69. The molecule has 1 aromatic rings. The lowest BCUT2D eigenvalue weighted by molar-refractivity contribution is -0.157. The van der Waals surface area contributed by atoms with E-state index in [0.29, 0.717) is 0 Å². The number of rotatable bonds is 5. The van der Waals surface area contributed by atoms with Gasteiger partial charge in [0.15, 0.2) is 12.4 Å². The Morgan fingerprint density at radius 1 is 1.32 bits per heavy atom. The van der Waals surface area contributed by atoms with Crippen LogP contribution < -0.4 is 10.2 Å². The summed E-state index contributed by atoms with van der Waals surface area (Å²) in [5, 5.41) is 0. The third kappa shape index (κ3) is 5.82. The highest BCUT2D eigenvalue weighted by molar-refractivity contribution is 5.86. The van der Waals surface area contributed by atoms with Crippen LogP contribution in [0.2, 0.25) is 0 Å². The topological polar surface area (TPSA) is 92.0 Å². The van der Waals surface area contributed by atoms with Crippen molar-refractivity contribution in [3.8, 4) is 5.75 Å².